The number of amides is 1. The van der Waals surface area contributed by atoms with E-state index >= 15 is 0 Å². The van der Waals surface area contributed by atoms with Crippen molar-refractivity contribution in [3.8, 4) is 5.88 Å². The van der Waals surface area contributed by atoms with E-state index < -0.39 is 0 Å². The Kier molecular flexibility index (Phi) is 3.85. The number of hydrogen-bond donors (Lipinski definition) is 2. The molecule has 2 N–H and O–H groups in total. The number of hydrogen-bond acceptors (Lipinski definition) is 5. The number of aromatic amines is 1. The molecule has 0 spiro atoms. The Morgan fingerprint density at radius 1 is 1.50 bits per heavy atom. The van der Waals surface area contributed by atoms with E-state index in [0.29, 0.717) is 18.8 Å². The maximum Gasteiger partial charge on any atom is 0.270 e. The van der Waals surface area contributed by atoms with Crippen molar-refractivity contribution < 1.29 is 9.53 Å². The Morgan fingerprint density at radius 3 is 3.11 bits per heavy atom. The van der Waals surface area contributed by atoms with Crippen LogP contribution in [0.2, 0.25) is 0 Å². The van der Waals surface area contributed by atoms with Crippen molar-refractivity contribution >= 4 is 5.91 Å². The van der Waals surface area contributed by atoms with Crippen LogP contribution in [0, 0.1) is 0 Å². The Bertz CT molecular complexity index is 512. The first-order valence-corrected chi connectivity index (χ1v) is 5.41. The predicted molar refractivity (Wildman–Crippen MR) is 63.2 cm³/mol. The molecule has 0 aliphatic heterocycles. The summed E-state index contributed by atoms with van der Waals surface area (Å²) < 4.78 is 4.92. The van der Waals surface area contributed by atoms with Crippen molar-refractivity contribution in [2.45, 2.75) is 6.42 Å². The summed E-state index contributed by atoms with van der Waals surface area (Å²) in [5.41, 5.74) is 1.25. The van der Waals surface area contributed by atoms with Crippen molar-refractivity contribution in [1.82, 2.24) is 25.3 Å². The summed E-state index contributed by atoms with van der Waals surface area (Å²) in [5.74, 6) is 0.110. The minimum absolute atomic E-state index is 0.254. The van der Waals surface area contributed by atoms with Gasteiger partial charge in [-0.15, -0.1) is 0 Å². The lowest BCUT2D eigenvalue weighted by Gasteiger charge is -2.04. The molecular formula is C11H13N5O2. The number of nitrogens with zero attached hydrogens (tertiary/aromatic N) is 3. The highest BCUT2D eigenvalue weighted by Crippen LogP contribution is 2.05. The summed E-state index contributed by atoms with van der Waals surface area (Å²) in [6.07, 6.45) is 5.31. The van der Waals surface area contributed by atoms with E-state index in [4.69, 9.17) is 4.74 Å². The van der Waals surface area contributed by atoms with Crippen molar-refractivity contribution in [2.24, 2.45) is 0 Å². The van der Waals surface area contributed by atoms with E-state index in [-0.39, 0.29) is 11.6 Å². The molecule has 0 atom stereocenters. The number of nitrogens with one attached hydrogen (secondary N) is 2. The van der Waals surface area contributed by atoms with Crippen molar-refractivity contribution in [3.63, 3.8) is 0 Å². The first-order valence-electron chi connectivity index (χ1n) is 5.41. The van der Waals surface area contributed by atoms with Crippen molar-refractivity contribution in [2.75, 3.05) is 13.7 Å². The Labute approximate surface area is 104 Å². The zero-order valence-corrected chi connectivity index (χ0v) is 9.88. The van der Waals surface area contributed by atoms with Crippen LogP contribution in [0.4, 0.5) is 0 Å². The standard InChI is InChI=1S/C11H13N5O2/c1-18-10-4-9(15-7-16-10)11(17)13-3-2-8-5-12-6-14-8/h4-7H,2-3H2,1H3,(H,12,14)(H,13,17). The molecule has 18 heavy (non-hydrogen) atoms. The number of carbonyl (C=O) groups is 1. The van der Waals surface area contributed by atoms with Gasteiger partial charge in [0.25, 0.3) is 5.91 Å². The lowest BCUT2D eigenvalue weighted by molar-refractivity contribution is 0.0948. The maximum atomic E-state index is 11.8. The van der Waals surface area contributed by atoms with Gasteiger partial charge < -0.3 is 15.0 Å². The minimum atomic E-state index is -0.254. The van der Waals surface area contributed by atoms with E-state index in [1.165, 1.54) is 19.5 Å². The van der Waals surface area contributed by atoms with Gasteiger partial charge in [-0.3, -0.25) is 4.79 Å². The van der Waals surface area contributed by atoms with Crippen LogP contribution in [0.25, 0.3) is 0 Å². The maximum absolute atomic E-state index is 11.8. The molecule has 2 aromatic heterocycles. The molecule has 94 valence electrons. The Balaban J connectivity index is 1.87. The van der Waals surface area contributed by atoms with Gasteiger partial charge in [-0.25, -0.2) is 15.0 Å². The third-order valence-corrected chi connectivity index (χ3v) is 2.32. The summed E-state index contributed by atoms with van der Waals surface area (Å²) in [6.45, 7) is 0.507. The summed E-state index contributed by atoms with van der Waals surface area (Å²) in [7, 11) is 1.49. The monoisotopic (exact) mass is 247 g/mol. The normalized spacial score (nSPS) is 10.1. The second kappa shape index (κ2) is 5.76. The number of rotatable bonds is 5. The molecule has 0 unspecified atom stereocenters. The highest BCUT2D eigenvalue weighted by molar-refractivity contribution is 5.92. The largest absolute Gasteiger partial charge is 0.481 e. The number of H-pyrrole nitrogens is 1. The van der Waals surface area contributed by atoms with Crippen molar-refractivity contribution in [1.29, 1.82) is 0 Å². The van der Waals surface area contributed by atoms with Crippen LogP contribution in [-0.2, 0) is 6.42 Å². The number of carbonyl (C=O) groups excluding carboxylic acids is 1. The smallest absolute Gasteiger partial charge is 0.270 e. The third kappa shape index (κ3) is 3.03. The first kappa shape index (κ1) is 12.0. The lowest BCUT2D eigenvalue weighted by atomic mass is 10.3. The quantitative estimate of drug-likeness (QED) is 0.786. The minimum Gasteiger partial charge on any atom is -0.481 e. The van der Waals surface area contributed by atoms with E-state index in [2.05, 4.69) is 25.3 Å². The molecule has 0 saturated carbocycles. The molecular weight excluding hydrogens is 234 g/mol. The summed E-state index contributed by atoms with van der Waals surface area (Å²) in [5, 5.41) is 2.76. The molecule has 0 aliphatic carbocycles. The first-order chi connectivity index (χ1) is 8.79. The second-order valence-electron chi connectivity index (χ2n) is 3.53. The molecule has 0 saturated heterocycles. The number of imidazole rings is 1. The Morgan fingerprint density at radius 2 is 2.39 bits per heavy atom. The van der Waals surface area contributed by atoms with E-state index in [9.17, 15) is 4.79 Å². The molecule has 1 amide bonds. The molecule has 2 heterocycles. The van der Waals surface area contributed by atoms with Crippen LogP contribution in [0.15, 0.2) is 24.9 Å². The number of aromatic nitrogens is 4. The van der Waals surface area contributed by atoms with Gasteiger partial charge in [-0.05, 0) is 0 Å². The molecule has 0 bridgehead atoms. The molecule has 0 radical (unpaired) electrons. The molecule has 0 aromatic carbocycles. The summed E-state index contributed by atoms with van der Waals surface area (Å²) in [6, 6.07) is 1.49. The van der Waals surface area contributed by atoms with Gasteiger partial charge in [0.15, 0.2) is 0 Å². The number of methoxy groups -OCH3 is 1. The second-order valence-corrected chi connectivity index (χ2v) is 3.53. The van der Waals surface area contributed by atoms with Crippen molar-refractivity contribution in [3.05, 3.63) is 36.3 Å². The van der Waals surface area contributed by atoms with Gasteiger partial charge in [0.05, 0.1) is 13.4 Å². The average molecular weight is 247 g/mol. The van der Waals surface area contributed by atoms with Crippen LogP contribution in [0.5, 0.6) is 5.88 Å². The highest BCUT2D eigenvalue weighted by atomic mass is 16.5. The SMILES string of the molecule is COc1cc(C(=O)NCCc2cnc[nH]2)ncn1. The fraction of sp³-hybridized carbons (Fsp3) is 0.273. The molecule has 2 rings (SSSR count). The molecule has 0 fully saturated rings. The van der Waals surface area contributed by atoms with Crippen LogP contribution in [-0.4, -0.2) is 39.5 Å². The van der Waals surface area contributed by atoms with Crippen LogP contribution in [0.3, 0.4) is 0 Å². The van der Waals surface area contributed by atoms with Gasteiger partial charge in [0.1, 0.15) is 12.0 Å². The van der Waals surface area contributed by atoms with Gasteiger partial charge in [0.2, 0.25) is 5.88 Å². The number of ether oxygens (including phenoxy) is 1. The zero-order chi connectivity index (χ0) is 12.8. The third-order valence-electron chi connectivity index (χ3n) is 2.32. The van der Waals surface area contributed by atoms with Gasteiger partial charge >= 0.3 is 0 Å². The zero-order valence-electron chi connectivity index (χ0n) is 9.88. The summed E-state index contributed by atoms with van der Waals surface area (Å²) in [4.78, 5) is 26.3. The predicted octanol–water partition coefficient (Wildman–Crippen LogP) is 0.181. The van der Waals surface area contributed by atoms with Gasteiger partial charge in [0, 0.05) is 30.9 Å². The topological polar surface area (TPSA) is 92.8 Å². The fourth-order valence-corrected chi connectivity index (χ4v) is 1.40. The van der Waals surface area contributed by atoms with Crippen LogP contribution < -0.4 is 10.1 Å². The Hall–Kier alpha value is -2.44. The molecule has 7 heteroatoms. The molecule has 7 nitrogen and oxygen atoms in total. The lowest BCUT2D eigenvalue weighted by Crippen LogP contribution is -2.26. The van der Waals surface area contributed by atoms with Gasteiger partial charge in [-0.2, -0.15) is 0 Å². The van der Waals surface area contributed by atoms with Crippen LogP contribution >= 0.6 is 0 Å². The fourth-order valence-electron chi connectivity index (χ4n) is 1.40. The van der Waals surface area contributed by atoms with E-state index in [1.54, 1.807) is 12.5 Å². The van der Waals surface area contributed by atoms with E-state index in [1.807, 2.05) is 0 Å². The molecule has 0 aliphatic rings. The average Bonchev–Trinajstić information content (AvgIpc) is 2.92. The van der Waals surface area contributed by atoms with E-state index in [0.717, 1.165) is 5.69 Å². The van der Waals surface area contributed by atoms with Crippen LogP contribution in [0.1, 0.15) is 16.2 Å². The highest BCUT2D eigenvalue weighted by Gasteiger charge is 2.08. The molecule has 2 aromatic rings. The summed E-state index contributed by atoms with van der Waals surface area (Å²) >= 11 is 0. The van der Waals surface area contributed by atoms with Gasteiger partial charge in [-0.1, -0.05) is 0 Å².